The van der Waals surface area contributed by atoms with E-state index in [1.807, 2.05) is 6.92 Å². The van der Waals surface area contributed by atoms with Crippen LogP contribution in [0.1, 0.15) is 24.8 Å². The number of non-ortho nitro benzene ring substituents is 1. The zero-order valence-electron chi connectivity index (χ0n) is 11.4. The predicted molar refractivity (Wildman–Crippen MR) is 74.5 cm³/mol. The van der Waals surface area contributed by atoms with Gasteiger partial charge in [-0.1, -0.05) is 0 Å². The summed E-state index contributed by atoms with van der Waals surface area (Å²) in [5, 5.41) is 14.1. The van der Waals surface area contributed by atoms with Crippen molar-refractivity contribution < 1.29 is 9.66 Å². The number of methoxy groups -OCH3 is 1. The Morgan fingerprint density at radius 1 is 1.47 bits per heavy atom. The van der Waals surface area contributed by atoms with Gasteiger partial charge in [-0.3, -0.25) is 10.1 Å². The van der Waals surface area contributed by atoms with Crippen molar-refractivity contribution in [1.82, 2.24) is 0 Å². The molecule has 0 aliphatic heterocycles. The normalized spacial score (nSPS) is 16.1. The molecule has 2 rings (SSSR count). The maximum absolute atomic E-state index is 10.7. The molecule has 5 heteroatoms. The Labute approximate surface area is 113 Å². The monoisotopic (exact) mass is 264 g/mol. The topological polar surface area (TPSA) is 64.4 Å². The summed E-state index contributed by atoms with van der Waals surface area (Å²) < 4.78 is 5.13. The molecule has 0 radical (unpaired) electrons. The quantitative estimate of drug-likeness (QED) is 0.607. The first kappa shape index (κ1) is 13.8. The molecule has 0 amide bonds. The molecular weight excluding hydrogens is 244 g/mol. The fourth-order valence-electron chi connectivity index (χ4n) is 2.25. The van der Waals surface area contributed by atoms with Crippen LogP contribution in [-0.4, -0.2) is 25.2 Å². The molecular formula is C14H20N2O3. The van der Waals surface area contributed by atoms with Crippen molar-refractivity contribution in [2.45, 2.75) is 26.2 Å². The Kier molecular flexibility index (Phi) is 4.04. The van der Waals surface area contributed by atoms with Crippen LogP contribution in [0.3, 0.4) is 0 Å². The molecule has 0 unspecified atom stereocenters. The molecule has 0 spiro atoms. The van der Waals surface area contributed by atoms with E-state index in [-0.39, 0.29) is 10.6 Å². The number of aryl methyl sites for hydroxylation is 1. The zero-order chi connectivity index (χ0) is 13.9. The van der Waals surface area contributed by atoms with E-state index < -0.39 is 0 Å². The van der Waals surface area contributed by atoms with Gasteiger partial charge in [0.25, 0.3) is 5.69 Å². The molecule has 104 valence electrons. The fourth-order valence-corrected chi connectivity index (χ4v) is 2.25. The number of nitro groups is 1. The lowest BCUT2D eigenvalue weighted by atomic mass is 10.0. The molecule has 5 nitrogen and oxygen atoms in total. The van der Waals surface area contributed by atoms with Crippen LogP contribution in [0.25, 0.3) is 0 Å². The van der Waals surface area contributed by atoms with Gasteiger partial charge in [-0.2, -0.15) is 0 Å². The first-order valence-electron chi connectivity index (χ1n) is 6.54. The maximum atomic E-state index is 10.7. The summed E-state index contributed by atoms with van der Waals surface area (Å²) in [4.78, 5) is 10.3. The Morgan fingerprint density at radius 2 is 2.21 bits per heavy atom. The SMILES string of the molecule is COCCC1(CNc2ccc([N+](=O)[O-])cc2C)CC1. The number of hydrogen-bond acceptors (Lipinski definition) is 4. The van der Waals surface area contributed by atoms with Crippen LogP contribution >= 0.6 is 0 Å². The highest BCUT2D eigenvalue weighted by molar-refractivity contribution is 5.55. The summed E-state index contributed by atoms with van der Waals surface area (Å²) in [5.74, 6) is 0. The molecule has 1 aromatic rings. The van der Waals surface area contributed by atoms with E-state index >= 15 is 0 Å². The second-order valence-electron chi connectivity index (χ2n) is 5.35. The Bertz CT molecular complexity index is 470. The first-order valence-corrected chi connectivity index (χ1v) is 6.54. The van der Waals surface area contributed by atoms with Crippen LogP contribution in [0.4, 0.5) is 11.4 Å². The lowest BCUT2D eigenvalue weighted by Crippen LogP contribution is -2.17. The van der Waals surface area contributed by atoms with Crippen molar-refractivity contribution in [3.05, 3.63) is 33.9 Å². The number of nitrogens with zero attached hydrogens (tertiary/aromatic N) is 1. The highest BCUT2D eigenvalue weighted by Gasteiger charge is 2.41. The summed E-state index contributed by atoms with van der Waals surface area (Å²) in [6.07, 6.45) is 3.54. The minimum absolute atomic E-state index is 0.142. The van der Waals surface area contributed by atoms with Gasteiger partial charge >= 0.3 is 0 Å². The van der Waals surface area contributed by atoms with Gasteiger partial charge < -0.3 is 10.1 Å². The van der Waals surface area contributed by atoms with Crippen LogP contribution in [-0.2, 0) is 4.74 Å². The van der Waals surface area contributed by atoms with Gasteiger partial charge in [0, 0.05) is 38.1 Å². The number of benzene rings is 1. The van der Waals surface area contributed by atoms with E-state index in [4.69, 9.17) is 4.74 Å². The second-order valence-corrected chi connectivity index (χ2v) is 5.35. The van der Waals surface area contributed by atoms with E-state index in [1.54, 1.807) is 25.3 Å². The van der Waals surface area contributed by atoms with Gasteiger partial charge in [-0.25, -0.2) is 0 Å². The average Bonchev–Trinajstić information content (AvgIpc) is 3.15. The van der Waals surface area contributed by atoms with E-state index in [0.29, 0.717) is 5.41 Å². The van der Waals surface area contributed by atoms with Crippen molar-refractivity contribution in [2.24, 2.45) is 5.41 Å². The van der Waals surface area contributed by atoms with Crippen molar-refractivity contribution in [2.75, 3.05) is 25.6 Å². The minimum Gasteiger partial charge on any atom is -0.385 e. The molecule has 1 N–H and O–H groups in total. The molecule has 0 atom stereocenters. The molecule has 19 heavy (non-hydrogen) atoms. The van der Waals surface area contributed by atoms with Gasteiger partial charge in [0.1, 0.15) is 0 Å². The highest BCUT2D eigenvalue weighted by atomic mass is 16.6. The number of nitrogens with one attached hydrogen (secondary N) is 1. The van der Waals surface area contributed by atoms with Crippen molar-refractivity contribution in [3.63, 3.8) is 0 Å². The third kappa shape index (κ3) is 3.44. The number of nitro benzene ring substituents is 1. The van der Waals surface area contributed by atoms with Crippen LogP contribution < -0.4 is 5.32 Å². The number of rotatable bonds is 7. The molecule has 0 heterocycles. The third-order valence-electron chi connectivity index (χ3n) is 3.87. The van der Waals surface area contributed by atoms with Gasteiger partial charge in [0.15, 0.2) is 0 Å². The average molecular weight is 264 g/mol. The van der Waals surface area contributed by atoms with Gasteiger partial charge in [0.05, 0.1) is 4.92 Å². The second kappa shape index (κ2) is 5.57. The summed E-state index contributed by atoms with van der Waals surface area (Å²) >= 11 is 0. The maximum Gasteiger partial charge on any atom is 0.269 e. The first-order chi connectivity index (χ1) is 9.06. The summed E-state index contributed by atoms with van der Waals surface area (Å²) in [6.45, 7) is 3.60. The van der Waals surface area contributed by atoms with Crippen LogP contribution in [0.2, 0.25) is 0 Å². The number of hydrogen-bond donors (Lipinski definition) is 1. The fraction of sp³-hybridized carbons (Fsp3) is 0.571. The number of anilines is 1. The molecule has 1 aromatic carbocycles. The highest BCUT2D eigenvalue weighted by Crippen LogP contribution is 2.48. The van der Waals surface area contributed by atoms with Crippen LogP contribution in [0.15, 0.2) is 18.2 Å². The van der Waals surface area contributed by atoms with E-state index in [0.717, 1.165) is 30.8 Å². The Balaban J connectivity index is 1.95. The molecule has 1 saturated carbocycles. The van der Waals surface area contributed by atoms with Gasteiger partial charge in [-0.05, 0) is 43.2 Å². The minimum atomic E-state index is -0.363. The summed E-state index contributed by atoms with van der Waals surface area (Å²) in [5.41, 5.74) is 2.40. The lowest BCUT2D eigenvalue weighted by molar-refractivity contribution is -0.384. The molecule has 0 bridgehead atoms. The van der Waals surface area contributed by atoms with E-state index in [9.17, 15) is 10.1 Å². The van der Waals surface area contributed by atoms with Crippen molar-refractivity contribution >= 4 is 11.4 Å². The zero-order valence-corrected chi connectivity index (χ0v) is 11.4. The smallest absolute Gasteiger partial charge is 0.269 e. The Hall–Kier alpha value is -1.62. The summed E-state index contributed by atoms with van der Waals surface area (Å²) in [7, 11) is 1.73. The van der Waals surface area contributed by atoms with Gasteiger partial charge in [-0.15, -0.1) is 0 Å². The largest absolute Gasteiger partial charge is 0.385 e. The van der Waals surface area contributed by atoms with Crippen LogP contribution in [0.5, 0.6) is 0 Å². The van der Waals surface area contributed by atoms with E-state index in [1.165, 1.54) is 12.8 Å². The van der Waals surface area contributed by atoms with Gasteiger partial charge in [0.2, 0.25) is 0 Å². The predicted octanol–water partition coefficient (Wildman–Crippen LogP) is 3.13. The molecule has 0 aromatic heterocycles. The third-order valence-corrected chi connectivity index (χ3v) is 3.87. The van der Waals surface area contributed by atoms with E-state index in [2.05, 4.69) is 5.32 Å². The van der Waals surface area contributed by atoms with Crippen LogP contribution in [0, 0.1) is 22.5 Å². The molecule has 0 saturated heterocycles. The molecule has 1 fully saturated rings. The molecule has 1 aliphatic rings. The summed E-state index contributed by atoms with van der Waals surface area (Å²) in [6, 6.07) is 4.95. The molecule has 1 aliphatic carbocycles. The lowest BCUT2D eigenvalue weighted by Gasteiger charge is -2.17. The Morgan fingerprint density at radius 3 is 2.74 bits per heavy atom. The van der Waals surface area contributed by atoms with Crippen molar-refractivity contribution in [1.29, 1.82) is 0 Å². The van der Waals surface area contributed by atoms with Crippen molar-refractivity contribution in [3.8, 4) is 0 Å². The number of ether oxygens (including phenoxy) is 1. The standard InChI is InChI=1S/C14H20N2O3/c1-11-9-12(16(17)18)3-4-13(11)15-10-14(5-6-14)7-8-19-2/h3-4,9,15H,5-8,10H2,1-2H3.